The molecule has 10 heteroatoms. The van der Waals surface area contributed by atoms with Crippen molar-refractivity contribution in [1.82, 2.24) is 20.1 Å². The quantitative estimate of drug-likeness (QED) is 0.375. The van der Waals surface area contributed by atoms with Gasteiger partial charge in [0.25, 0.3) is 0 Å². The molecule has 0 aliphatic carbocycles. The van der Waals surface area contributed by atoms with Gasteiger partial charge in [-0.05, 0) is 58.2 Å². The van der Waals surface area contributed by atoms with Crippen molar-refractivity contribution in [3.05, 3.63) is 62.5 Å². The zero-order valence-electron chi connectivity index (χ0n) is 20.9. The molecule has 1 aliphatic heterocycles. The molecule has 1 atom stereocenters. The van der Waals surface area contributed by atoms with Crippen LogP contribution in [-0.4, -0.2) is 44.0 Å². The minimum atomic E-state index is -0.956. The number of thiophene rings is 1. The van der Waals surface area contributed by atoms with Crippen LogP contribution < -0.4 is 5.32 Å². The number of nitrogens with zero attached hydrogens (tertiary/aromatic N) is 4. The van der Waals surface area contributed by atoms with Gasteiger partial charge in [0, 0.05) is 34.0 Å². The molecule has 2 aromatic heterocycles. The van der Waals surface area contributed by atoms with Gasteiger partial charge in [0.1, 0.15) is 16.4 Å². The van der Waals surface area contributed by atoms with Gasteiger partial charge in [-0.15, -0.1) is 21.5 Å². The third-order valence-corrected chi connectivity index (χ3v) is 7.93. The number of carbonyl (C=O) groups is 2. The summed E-state index contributed by atoms with van der Waals surface area (Å²) in [4.78, 5) is 30.1. The monoisotopic (exact) mass is 527 g/mol. The lowest BCUT2D eigenvalue weighted by Crippen LogP contribution is -2.34. The van der Waals surface area contributed by atoms with Gasteiger partial charge in [0.2, 0.25) is 5.91 Å². The lowest BCUT2D eigenvalue weighted by atomic mass is 9.95. The number of nitrogens with one attached hydrogen (secondary N) is 1. The molecular weight excluding hydrogens is 498 g/mol. The molecular formula is C26H30ClN5O3S. The van der Waals surface area contributed by atoms with Crippen LogP contribution in [0, 0.1) is 20.8 Å². The van der Waals surface area contributed by atoms with E-state index < -0.39 is 11.5 Å². The van der Waals surface area contributed by atoms with Gasteiger partial charge in [0.05, 0.1) is 12.1 Å². The van der Waals surface area contributed by atoms with Crippen molar-refractivity contribution in [3.63, 3.8) is 0 Å². The van der Waals surface area contributed by atoms with Crippen LogP contribution in [0.2, 0.25) is 5.02 Å². The third kappa shape index (κ3) is 5.22. The number of aromatic nitrogens is 3. The lowest BCUT2D eigenvalue weighted by Gasteiger charge is -2.24. The van der Waals surface area contributed by atoms with Crippen LogP contribution in [0.25, 0.3) is 5.00 Å². The number of aliphatic carboxylic acids is 1. The molecule has 0 unspecified atom stereocenters. The molecule has 8 nitrogen and oxygen atoms in total. The maximum Gasteiger partial charge on any atom is 0.303 e. The number of fused-ring (bicyclic) bond motifs is 3. The van der Waals surface area contributed by atoms with Gasteiger partial charge in [0.15, 0.2) is 5.82 Å². The SMILES string of the molecule is Cc1sc2c(c1C)C(c1ccc(Cl)cc1)=N[C@@](C)(CC(=O)NCCCCCC(=O)O)c1nnc(C)n1-2. The number of amides is 1. The Hall–Kier alpha value is -3.04. The fourth-order valence-corrected chi connectivity index (χ4v) is 5.80. The van der Waals surface area contributed by atoms with Gasteiger partial charge < -0.3 is 10.4 Å². The molecule has 3 aromatic rings. The average Bonchev–Trinajstić information content (AvgIpc) is 3.31. The molecule has 0 bridgehead atoms. The molecule has 0 fully saturated rings. The molecule has 0 spiro atoms. The normalized spacial score (nSPS) is 16.6. The summed E-state index contributed by atoms with van der Waals surface area (Å²) >= 11 is 7.84. The zero-order valence-corrected chi connectivity index (χ0v) is 22.5. The minimum Gasteiger partial charge on any atom is -0.481 e. The van der Waals surface area contributed by atoms with E-state index in [2.05, 4.69) is 29.4 Å². The second kappa shape index (κ2) is 10.5. The van der Waals surface area contributed by atoms with Crippen LogP contribution in [0.3, 0.4) is 0 Å². The van der Waals surface area contributed by atoms with Crippen molar-refractivity contribution in [1.29, 1.82) is 0 Å². The number of hydrogen-bond acceptors (Lipinski definition) is 6. The smallest absolute Gasteiger partial charge is 0.303 e. The number of benzene rings is 1. The number of carbonyl (C=O) groups excluding carboxylic acids is 1. The molecule has 3 heterocycles. The van der Waals surface area contributed by atoms with Crippen molar-refractivity contribution in [3.8, 4) is 5.00 Å². The van der Waals surface area contributed by atoms with E-state index >= 15 is 0 Å². The zero-order chi connectivity index (χ0) is 26.0. The first-order valence-corrected chi connectivity index (χ1v) is 13.2. The van der Waals surface area contributed by atoms with E-state index in [1.165, 1.54) is 4.88 Å². The van der Waals surface area contributed by atoms with Crippen LogP contribution in [-0.2, 0) is 15.1 Å². The summed E-state index contributed by atoms with van der Waals surface area (Å²) in [7, 11) is 0. The molecule has 0 saturated carbocycles. The van der Waals surface area contributed by atoms with E-state index in [1.54, 1.807) is 11.3 Å². The molecule has 1 aromatic carbocycles. The summed E-state index contributed by atoms with van der Waals surface area (Å²) < 4.78 is 2.03. The van der Waals surface area contributed by atoms with Gasteiger partial charge in [-0.3, -0.25) is 19.1 Å². The fraction of sp³-hybridized carbons (Fsp3) is 0.423. The second-order valence-corrected chi connectivity index (χ2v) is 11.0. The van der Waals surface area contributed by atoms with Crippen LogP contribution in [0.4, 0.5) is 0 Å². The van der Waals surface area contributed by atoms with Crippen LogP contribution in [0.1, 0.15) is 72.2 Å². The Morgan fingerprint density at radius 3 is 2.53 bits per heavy atom. The number of carboxylic acids is 1. The van der Waals surface area contributed by atoms with Crippen LogP contribution in [0.5, 0.6) is 0 Å². The second-order valence-electron chi connectivity index (χ2n) is 9.34. The van der Waals surface area contributed by atoms with Gasteiger partial charge in [-0.2, -0.15) is 0 Å². The number of aryl methyl sites for hydroxylation is 2. The Labute approximate surface area is 219 Å². The maximum absolute atomic E-state index is 13.1. The topological polar surface area (TPSA) is 109 Å². The van der Waals surface area contributed by atoms with Gasteiger partial charge >= 0.3 is 5.97 Å². The van der Waals surface area contributed by atoms with Crippen molar-refractivity contribution < 1.29 is 14.7 Å². The van der Waals surface area contributed by atoms with Crippen molar-refractivity contribution in [2.45, 2.75) is 65.3 Å². The summed E-state index contributed by atoms with van der Waals surface area (Å²) in [6, 6.07) is 7.60. The molecule has 2 N–H and O–H groups in total. The first-order valence-electron chi connectivity index (χ1n) is 12.0. The predicted molar refractivity (Wildman–Crippen MR) is 142 cm³/mol. The highest BCUT2D eigenvalue weighted by molar-refractivity contribution is 7.15. The molecule has 0 radical (unpaired) electrons. The predicted octanol–water partition coefficient (Wildman–Crippen LogP) is 5.12. The Kier molecular flexibility index (Phi) is 7.61. The summed E-state index contributed by atoms with van der Waals surface area (Å²) in [5, 5.41) is 22.2. The molecule has 1 amide bonds. The molecule has 36 heavy (non-hydrogen) atoms. The molecule has 0 saturated heterocycles. The van der Waals surface area contributed by atoms with Crippen molar-refractivity contribution in [2.75, 3.05) is 6.54 Å². The summed E-state index contributed by atoms with van der Waals surface area (Å²) in [5.41, 5.74) is 2.92. The third-order valence-electron chi connectivity index (χ3n) is 6.48. The molecule has 190 valence electrons. The highest BCUT2D eigenvalue weighted by atomic mass is 35.5. The number of aliphatic imine (C=N–C) groups is 1. The minimum absolute atomic E-state index is 0.102. The number of hydrogen-bond donors (Lipinski definition) is 2. The number of carboxylic acid groups (broad SMARTS) is 1. The number of halogens is 1. The van der Waals surface area contributed by atoms with Gasteiger partial charge in [-0.25, -0.2) is 0 Å². The van der Waals surface area contributed by atoms with E-state index in [0.29, 0.717) is 23.8 Å². The van der Waals surface area contributed by atoms with Crippen LogP contribution in [0.15, 0.2) is 29.3 Å². The van der Waals surface area contributed by atoms with Gasteiger partial charge in [-0.1, -0.05) is 30.2 Å². The lowest BCUT2D eigenvalue weighted by molar-refractivity contribution is -0.137. The largest absolute Gasteiger partial charge is 0.481 e. The fourth-order valence-electron chi connectivity index (χ4n) is 4.47. The number of rotatable bonds is 9. The van der Waals surface area contributed by atoms with Crippen molar-refractivity contribution >= 4 is 40.5 Å². The Balaban J connectivity index is 1.69. The number of unbranched alkanes of at least 4 members (excludes halogenated alkanes) is 2. The highest BCUT2D eigenvalue weighted by Crippen LogP contribution is 2.42. The standard InChI is InChI=1S/C26H30ClN5O3S/c1-15-16(2)36-24-22(15)23(18-9-11-19(27)12-10-18)29-26(4,25-31-30-17(3)32(24)25)14-20(33)28-13-7-5-6-8-21(34)35/h9-12H,5-8,13-14H2,1-4H3,(H,28,33)(H,34,35)/t26-/m0/s1. The molecule has 4 rings (SSSR count). The first-order chi connectivity index (χ1) is 17.1. The van der Waals surface area contributed by atoms with E-state index in [-0.39, 0.29) is 18.7 Å². The maximum atomic E-state index is 13.1. The Bertz CT molecular complexity index is 1330. The van der Waals surface area contributed by atoms with E-state index in [1.807, 2.05) is 42.7 Å². The Morgan fingerprint density at radius 1 is 1.11 bits per heavy atom. The highest BCUT2D eigenvalue weighted by Gasteiger charge is 2.40. The summed E-state index contributed by atoms with van der Waals surface area (Å²) in [6.45, 7) is 8.51. The summed E-state index contributed by atoms with van der Waals surface area (Å²) in [5.74, 6) is 0.432. The summed E-state index contributed by atoms with van der Waals surface area (Å²) in [6.07, 6.45) is 2.31. The molecule has 1 aliphatic rings. The Morgan fingerprint density at radius 2 is 1.83 bits per heavy atom. The van der Waals surface area contributed by atoms with Crippen molar-refractivity contribution in [2.24, 2.45) is 4.99 Å². The van der Waals surface area contributed by atoms with E-state index in [0.717, 1.165) is 46.1 Å². The average molecular weight is 528 g/mol. The van der Waals surface area contributed by atoms with Crippen LogP contribution >= 0.6 is 22.9 Å². The first kappa shape index (κ1) is 26.0. The van der Waals surface area contributed by atoms with E-state index in [9.17, 15) is 9.59 Å². The van der Waals surface area contributed by atoms with E-state index in [4.69, 9.17) is 21.7 Å².